The van der Waals surface area contributed by atoms with Crippen LogP contribution in [0, 0.1) is 0 Å². The van der Waals surface area contributed by atoms with Gasteiger partial charge < -0.3 is 5.32 Å². The zero-order chi connectivity index (χ0) is 18.8. The number of hydrogen-bond donors (Lipinski definition) is 2. The van der Waals surface area contributed by atoms with E-state index in [1.54, 1.807) is 24.3 Å². The van der Waals surface area contributed by atoms with E-state index in [0.717, 1.165) is 24.1 Å². The summed E-state index contributed by atoms with van der Waals surface area (Å²) in [7, 11) is 0. The lowest BCUT2D eigenvalue weighted by Crippen LogP contribution is -2.20. The molecule has 2 aromatic rings. The first kappa shape index (κ1) is 19.4. The summed E-state index contributed by atoms with van der Waals surface area (Å²) in [6.45, 7) is 4.04. The third-order valence-corrected chi connectivity index (χ3v) is 3.92. The van der Waals surface area contributed by atoms with Crippen molar-refractivity contribution in [1.29, 1.82) is 0 Å². The van der Waals surface area contributed by atoms with E-state index in [0.29, 0.717) is 24.1 Å². The standard InChI is InChI=1S/C21H25N3O2/c1-3-5-11-20(25)22-18-14-12-17(13-15-18)21(26)24-23-19(4-2)16-9-7-6-8-10-16/h6-10,12-15H,3-5,11H2,1-2H3,(H,22,25)(H,24,26). The number of hydrazone groups is 1. The smallest absolute Gasteiger partial charge is 0.271 e. The summed E-state index contributed by atoms with van der Waals surface area (Å²) < 4.78 is 0. The summed E-state index contributed by atoms with van der Waals surface area (Å²) in [4.78, 5) is 24.0. The van der Waals surface area contributed by atoms with Crippen LogP contribution >= 0.6 is 0 Å². The molecule has 0 fully saturated rings. The van der Waals surface area contributed by atoms with Crippen LogP contribution in [0.15, 0.2) is 59.7 Å². The van der Waals surface area contributed by atoms with Crippen LogP contribution in [0.2, 0.25) is 0 Å². The fourth-order valence-electron chi connectivity index (χ4n) is 2.43. The molecule has 5 heteroatoms. The minimum atomic E-state index is -0.282. The SMILES string of the molecule is CCCCC(=O)Nc1ccc(C(=O)NN=C(CC)c2ccccc2)cc1. The third kappa shape index (κ3) is 5.84. The highest BCUT2D eigenvalue weighted by molar-refractivity contribution is 6.02. The zero-order valence-corrected chi connectivity index (χ0v) is 15.3. The Hall–Kier alpha value is -2.95. The summed E-state index contributed by atoms with van der Waals surface area (Å²) in [6, 6.07) is 16.5. The van der Waals surface area contributed by atoms with Gasteiger partial charge in [-0.3, -0.25) is 9.59 Å². The maximum absolute atomic E-state index is 12.3. The Morgan fingerprint density at radius 3 is 2.23 bits per heavy atom. The van der Waals surface area contributed by atoms with Crippen molar-refractivity contribution in [2.45, 2.75) is 39.5 Å². The molecule has 0 aliphatic heterocycles. The molecule has 2 rings (SSSR count). The second-order valence-electron chi connectivity index (χ2n) is 5.95. The van der Waals surface area contributed by atoms with Crippen LogP contribution in [0.3, 0.4) is 0 Å². The first-order valence-electron chi connectivity index (χ1n) is 8.96. The molecule has 0 atom stereocenters. The number of hydrogen-bond acceptors (Lipinski definition) is 3. The topological polar surface area (TPSA) is 70.6 Å². The minimum Gasteiger partial charge on any atom is -0.326 e. The first-order valence-corrected chi connectivity index (χ1v) is 8.96. The summed E-state index contributed by atoms with van der Waals surface area (Å²) in [5, 5.41) is 7.07. The molecule has 0 aromatic heterocycles. The molecule has 0 saturated heterocycles. The Morgan fingerprint density at radius 1 is 0.923 bits per heavy atom. The van der Waals surface area contributed by atoms with Crippen molar-refractivity contribution < 1.29 is 9.59 Å². The van der Waals surface area contributed by atoms with Gasteiger partial charge >= 0.3 is 0 Å². The Bertz CT molecular complexity index is 753. The maximum Gasteiger partial charge on any atom is 0.271 e. The zero-order valence-electron chi connectivity index (χ0n) is 15.3. The molecular weight excluding hydrogens is 326 g/mol. The second kappa shape index (κ2) is 10.1. The highest BCUT2D eigenvalue weighted by atomic mass is 16.2. The molecule has 136 valence electrons. The van der Waals surface area contributed by atoms with Crippen molar-refractivity contribution >= 4 is 23.2 Å². The average Bonchev–Trinajstić information content (AvgIpc) is 2.68. The molecule has 0 aliphatic rings. The van der Waals surface area contributed by atoms with Crippen molar-refractivity contribution in [3.05, 3.63) is 65.7 Å². The van der Waals surface area contributed by atoms with E-state index in [2.05, 4.69) is 15.8 Å². The molecule has 26 heavy (non-hydrogen) atoms. The molecule has 0 heterocycles. The van der Waals surface area contributed by atoms with Crippen LogP contribution in [-0.2, 0) is 4.79 Å². The van der Waals surface area contributed by atoms with E-state index in [-0.39, 0.29) is 11.8 Å². The predicted octanol–water partition coefficient (Wildman–Crippen LogP) is 4.36. The quantitative estimate of drug-likeness (QED) is 0.548. The maximum atomic E-state index is 12.3. The van der Waals surface area contributed by atoms with Gasteiger partial charge in [0.05, 0.1) is 5.71 Å². The summed E-state index contributed by atoms with van der Waals surface area (Å²) >= 11 is 0. The first-order chi connectivity index (χ1) is 12.6. The highest BCUT2D eigenvalue weighted by Gasteiger charge is 2.07. The average molecular weight is 351 g/mol. The molecule has 0 unspecified atom stereocenters. The number of nitrogens with zero attached hydrogens (tertiary/aromatic N) is 1. The van der Waals surface area contributed by atoms with Crippen molar-refractivity contribution in [2.75, 3.05) is 5.32 Å². The number of carbonyl (C=O) groups is 2. The highest BCUT2D eigenvalue weighted by Crippen LogP contribution is 2.11. The molecule has 2 amide bonds. The predicted molar refractivity (Wildman–Crippen MR) is 105 cm³/mol. The number of rotatable bonds is 8. The van der Waals surface area contributed by atoms with E-state index in [9.17, 15) is 9.59 Å². The molecule has 0 radical (unpaired) electrons. The number of unbranched alkanes of at least 4 members (excludes halogenated alkanes) is 1. The van der Waals surface area contributed by atoms with E-state index in [1.165, 1.54) is 0 Å². The van der Waals surface area contributed by atoms with E-state index in [1.807, 2.05) is 44.2 Å². The number of benzene rings is 2. The van der Waals surface area contributed by atoms with E-state index in [4.69, 9.17) is 0 Å². The van der Waals surface area contributed by atoms with Gasteiger partial charge in [0.25, 0.3) is 5.91 Å². The summed E-state index contributed by atoms with van der Waals surface area (Å²) in [5.41, 5.74) is 5.58. The fraction of sp³-hybridized carbons (Fsp3) is 0.286. The van der Waals surface area contributed by atoms with Crippen LogP contribution in [0.1, 0.15) is 55.5 Å². The van der Waals surface area contributed by atoms with Gasteiger partial charge in [-0.15, -0.1) is 0 Å². The molecule has 5 nitrogen and oxygen atoms in total. The normalized spacial score (nSPS) is 11.1. The van der Waals surface area contributed by atoms with Crippen LogP contribution < -0.4 is 10.7 Å². The third-order valence-electron chi connectivity index (χ3n) is 3.92. The molecule has 0 saturated carbocycles. The summed E-state index contributed by atoms with van der Waals surface area (Å²) in [5.74, 6) is -0.292. The van der Waals surface area contributed by atoms with Crippen molar-refractivity contribution in [3.8, 4) is 0 Å². The number of anilines is 1. The van der Waals surface area contributed by atoms with Gasteiger partial charge in [0.2, 0.25) is 5.91 Å². The Labute approximate surface area is 154 Å². The van der Waals surface area contributed by atoms with E-state index < -0.39 is 0 Å². The van der Waals surface area contributed by atoms with Crippen LogP contribution in [0.5, 0.6) is 0 Å². The van der Waals surface area contributed by atoms with Gasteiger partial charge in [0, 0.05) is 17.7 Å². The van der Waals surface area contributed by atoms with Gasteiger partial charge in [-0.25, -0.2) is 5.43 Å². The Balaban J connectivity index is 1.97. The van der Waals surface area contributed by atoms with Gasteiger partial charge in [-0.05, 0) is 42.7 Å². The molecule has 0 spiro atoms. The molecule has 0 bridgehead atoms. The number of amides is 2. The van der Waals surface area contributed by atoms with E-state index >= 15 is 0 Å². The van der Waals surface area contributed by atoms with Crippen LogP contribution in [0.4, 0.5) is 5.69 Å². The van der Waals surface area contributed by atoms with Crippen molar-refractivity contribution in [1.82, 2.24) is 5.43 Å². The van der Waals surface area contributed by atoms with Gasteiger partial charge in [-0.2, -0.15) is 5.10 Å². The lowest BCUT2D eigenvalue weighted by Gasteiger charge is -2.07. The van der Waals surface area contributed by atoms with Crippen molar-refractivity contribution in [2.24, 2.45) is 5.10 Å². The Morgan fingerprint density at radius 2 is 1.62 bits per heavy atom. The van der Waals surface area contributed by atoms with Crippen LogP contribution in [-0.4, -0.2) is 17.5 Å². The molecular formula is C21H25N3O2. The lowest BCUT2D eigenvalue weighted by molar-refractivity contribution is -0.116. The largest absolute Gasteiger partial charge is 0.326 e. The number of carbonyl (C=O) groups excluding carboxylic acids is 2. The lowest BCUT2D eigenvalue weighted by atomic mass is 10.1. The summed E-state index contributed by atoms with van der Waals surface area (Å²) in [6.07, 6.45) is 3.07. The molecule has 2 N–H and O–H groups in total. The number of nitrogens with one attached hydrogen (secondary N) is 2. The van der Waals surface area contributed by atoms with Crippen molar-refractivity contribution in [3.63, 3.8) is 0 Å². The minimum absolute atomic E-state index is 0.0101. The van der Waals surface area contributed by atoms with Gasteiger partial charge in [0.1, 0.15) is 0 Å². The monoisotopic (exact) mass is 351 g/mol. The molecule has 2 aromatic carbocycles. The second-order valence-corrected chi connectivity index (χ2v) is 5.95. The van der Waals surface area contributed by atoms with Gasteiger partial charge in [0.15, 0.2) is 0 Å². The fourth-order valence-corrected chi connectivity index (χ4v) is 2.43. The Kier molecular flexibility index (Phi) is 7.55. The van der Waals surface area contributed by atoms with Crippen LogP contribution in [0.25, 0.3) is 0 Å². The molecule has 0 aliphatic carbocycles. The van der Waals surface area contributed by atoms with Gasteiger partial charge in [-0.1, -0.05) is 50.6 Å².